The van der Waals surface area contributed by atoms with Gasteiger partial charge in [0.05, 0.1) is 18.6 Å². The summed E-state index contributed by atoms with van der Waals surface area (Å²) < 4.78 is 7.56. The van der Waals surface area contributed by atoms with E-state index in [1.807, 2.05) is 47.0 Å². The molecular formula is C26H28N4O2S. The van der Waals surface area contributed by atoms with Crippen LogP contribution in [-0.4, -0.2) is 33.0 Å². The topological polar surface area (TPSA) is 73.0 Å². The molecule has 7 heteroatoms. The molecule has 1 amide bonds. The minimum Gasteiger partial charge on any atom is -0.467 e. The van der Waals surface area contributed by atoms with E-state index in [2.05, 4.69) is 53.6 Å². The molecular weight excluding hydrogens is 432 g/mol. The van der Waals surface area contributed by atoms with Crippen molar-refractivity contribution >= 4 is 17.7 Å². The summed E-state index contributed by atoms with van der Waals surface area (Å²) in [5.74, 6) is 2.13. The van der Waals surface area contributed by atoms with Gasteiger partial charge in [-0.3, -0.25) is 9.36 Å². The number of aryl methyl sites for hydroxylation is 1. The number of thioether (sulfide) groups is 1. The maximum Gasteiger partial charge on any atom is 0.230 e. The van der Waals surface area contributed by atoms with Gasteiger partial charge >= 0.3 is 0 Å². The van der Waals surface area contributed by atoms with E-state index in [0.717, 1.165) is 29.1 Å². The molecule has 33 heavy (non-hydrogen) atoms. The number of carbonyl (C=O) groups is 1. The molecule has 4 rings (SSSR count). The zero-order valence-electron chi connectivity index (χ0n) is 18.9. The molecule has 1 N–H and O–H groups in total. The van der Waals surface area contributed by atoms with Gasteiger partial charge in [0, 0.05) is 18.0 Å². The van der Waals surface area contributed by atoms with Gasteiger partial charge in [-0.1, -0.05) is 72.8 Å². The van der Waals surface area contributed by atoms with Gasteiger partial charge in [-0.15, -0.1) is 10.2 Å². The lowest BCUT2D eigenvalue weighted by atomic mass is 9.96. The molecule has 2 aromatic heterocycles. The number of rotatable bonds is 10. The number of nitrogens with zero attached hydrogens (tertiary/aromatic N) is 3. The smallest absolute Gasteiger partial charge is 0.230 e. The average Bonchev–Trinajstić information content (AvgIpc) is 3.49. The Balaban J connectivity index is 1.44. The van der Waals surface area contributed by atoms with Crippen molar-refractivity contribution in [2.24, 2.45) is 0 Å². The van der Waals surface area contributed by atoms with Crippen molar-refractivity contribution in [3.05, 3.63) is 89.9 Å². The molecule has 0 radical (unpaired) electrons. The number of furan rings is 1. The number of amides is 1. The summed E-state index contributed by atoms with van der Waals surface area (Å²) in [6.45, 7) is 5.31. The van der Waals surface area contributed by atoms with E-state index in [9.17, 15) is 4.79 Å². The van der Waals surface area contributed by atoms with Gasteiger partial charge in [0.1, 0.15) is 5.76 Å². The first-order valence-electron chi connectivity index (χ1n) is 11.1. The first-order chi connectivity index (χ1) is 16.1. The van der Waals surface area contributed by atoms with E-state index in [-0.39, 0.29) is 11.7 Å². The predicted octanol–water partition coefficient (Wildman–Crippen LogP) is 5.30. The largest absolute Gasteiger partial charge is 0.467 e. The van der Waals surface area contributed by atoms with Gasteiger partial charge in [-0.25, -0.2) is 0 Å². The van der Waals surface area contributed by atoms with E-state index in [1.54, 1.807) is 6.26 Å². The molecule has 0 fully saturated rings. The molecule has 0 aliphatic heterocycles. The molecule has 0 saturated heterocycles. The van der Waals surface area contributed by atoms with Crippen LogP contribution in [0.3, 0.4) is 0 Å². The lowest BCUT2D eigenvalue weighted by Crippen LogP contribution is -2.29. The minimum atomic E-state index is -0.0148. The van der Waals surface area contributed by atoms with Gasteiger partial charge in [0.15, 0.2) is 11.0 Å². The van der Waals surface area contributed by atoms with Crippen molar-refractivity contribution < 1.29 is 9.21 Å². The molecule has 170 valence electrons. The number of nitrogens with one attached hydrogen (secondary N) is 1. The molecule has 0 aliphatic rings. The first-order valence-corrected chi connectivity index (χ1v) is 12.1. The Labute approximate surface area is 198 Å². The third-order valence-corrected chi connectivity index (χ3v) is 6.50. The Morgan fingerprint density at radius 3 is 2.67 bits per heavy atom. The van der Waals surface area contributed by atoms with Gasteiger partial charge in [0.2, 0.25) is 5.91 Å². The molecule has 6 nitrogen and oxygen atoms in total. The highest BCUT2D eigenvalue weighted by molar-refractivity contribution is 7.99. The fourth-order valence-electron chi connectivity index (χ4n) is 3.74. The SMILES string of the molecule is CCC(CNC(=O)CSc1nnc(-c2cccc(C)c2)n1Cc1ccco1)c1ccccc1. The fourth-order valence-corrected chi connectivity index (χ4v) is 4.50. The summed E-state index contributed by atoms with van der Waals surface area (Å²) in [6.07, 6.45) is 2.62. The lowest BCUT2D eigenvalue weighted by molar-refractivity contribution is -0.118. The monoisotopic (exact) mass is 460 g/mol. The molecule has 1 unspecified atom stereocenters. The van der Waals surface area contributed by atoms with Crippen LogP contribution in [0.2, 0.25) is 0 Å². The minimum absolute atomic E-state index is 0.0148. The fraction of sp³-hybridized carbons (Fsp3) is 0.269. The van der Waals surface area contributed by atoms with Crippen LogP contribution in [0, 0.1) is 6.92 Å². The zero-order chi connectivity index (χ0) is 23.0. The molecule has 0 spiro atoms. The maximum absolute atomic E-state index is 12.6. The normalized spacial score (nSPS) is 11.9. The molecule has 1 atom stereocenters. The van der Waals surface area contributed by atoms with Crippen LogP contribution < -0.4 is 5.32 Å². The Morgan fingerprint density at radius 2 is 1.94 bits per heavy atom. The summed E-state index contributed by atoms with van der Waals surface area (Å²) in [5.41, 5.74) is 3.38. The molecule has 0 bridgehead atoms. The zero-order valence-corrected chi connectivity index (χ0v) is 19.7. The second kappa shape index (κ2) is 11.0. The van der Waals surface area contributed by atoms with Crippen molar-refractivity contribution in [3.63, 3.8) is 0 Å². The first kappa shape index (κ1) is 22.9. The van der Waals surface area contributed by atoms with E-state index in [1.165, 1.54) is 17.3 Å². The van der Waals surface area contributed by atoms with Crippen LogP contribution in [0.5, 0.6) is 0 Å². The van der Waals surface area contributed by atoms with Crippen LogP contribution in [0.15, 0.2) is 82.6 Å². The Hall–Kier alpha value is -3.32. The van der Waals surface area contributed by atoms with Crippen molar-refractivity contribution in [2.75, 3.05) is 12.3 Å². The van der Waals surface area contributed by atoms with Crippen molar-refractivity contribution in [3.8, 4) is 11.4 Å². The van der Waals surface area contributed by atoms with Crippen molar-refractivity contribution in [2.45, 2.75) is 37.9 Å². The van der Waals surface area contributed by atoms with Gasteiger partial charge in [-0.2, -0.15) is 0 Å². The Bertz CT molecular complexity index is 1170. The summed E-state index contributed by atoms with van der Waals surface area (Å²) in [6, 6.07) is 22.2. The number of aromatic nitrogens is 3. The van der Waals surface area contributed by atoms with E-state index in [4.69, 9.17) is 4.42 Å². The highest BCUT2D eigenvalue weighted by Crippen LogP contribution is 2.26. The Kier molecular flexibility index (Phi) is 7.62. The van der Waals surface area contributed by atoms with Gasteiger partial charge in [-0.05, 0) is 37.1 Å². The van der Waals surface area contributed by atoms with Gasteiger partial charge in [0.25, 0.3) is 0 Å². The van der Waals surface area contributed by atoms with Crippen LogP contribution in [0.4, 0.5) is 0 Å². The molecule has 0 saturated carbocycles. The number of hydrogen-bond donors (Lipinski definition) is 1. The summed E-state index contributed by atoms with van der Waals surface area (Å²) in [4.78, 5) is 12.6. The molecule has 2 aromatic carbocycles. The summed E-state index contributed by atoms with van der Waals surface area (Å²) in [7, 11) is 0. The van der Waals surface area contributed by atoms with Crippen LogP contribution in [-0.2, 0) is 11.3 Å². The van der Waals surface area contributed by atoms with Crippen LogP contribution >= 0.6 is 11.8 Å². The highest BCUT2D eigenvalue weighted by Gasteiger charge is 2.18. The van der Waals surface area contributed by atoms with E-state index < -0.39 is 0 Å². The predicted molar refractivity (Wildman–Crippen MR) is 131 cm³/mol. The van der Waals surface area contributed by atoms with E-state index >= 15 is 0 Å². The third kappa shape index (κ3) is 5.93. The van der Waals surface area contributed by atoms with Crippen LogP contribution in [0.25, 0.3) is 11.4 Å². The third-order valence-electron chi connectivity index (χ3n) is 5.53. The number of carbonyl (C=O) groups excluding carboxylic acids is 1. The number of hydrogen-bond acceptors (Lipinski definition) is 5. The second-order valence-corrected chi connectivity index (χ2v) is 8.89. The maximum atomic E-state index is 12.6. The van der Waals surface area contributed by atoms with Gasteiger partial charge < -0.3 is 9.73 Å². The summed E-state index contributed by atoms with van der Waals surface area (Å²) >= 11 is 1.39. The summed E-state index contributed by atoms with van der Waals surface area (Å²) in [5, 5.41) is 12.6. The Morgan fingerprint density at radius 1 is 1.09 bits per heavy atom. The highest BCUT2D eigenvalue weighted by atomic mass is 32.2. The number of benzene rings is 2. The van der Waals surface area contributed by atoms with Crippen LogP contribution in [0.1, 0.15) is 36.1 Å². The molecule has 4 aromatic rings. The standard InChI is InChI=1S/C26H28N4O2S/c1-3-20(21-10-5-4-6-11-21)16-27-24(31)18-33-26-29-28-25(22-12-7-9-19(2)15-22)30(26)17-23-13-8-14-32-23/h4-15,20H,3,16-18H2,1-2H3,(H,27,31). The molecule has 0 aliphatic carbocycles. The van der Waals surface area contributed by atoms with E-state index in [0.29, 0.717) is 24.2 Å². The quantitative estimate of drug-likeness (QED) is 0.325. The average molecular weight is 461 g/mol. The lowest BCUT2D eigenvalue weighted by Gasteiger charge is -2.16. The molecule has 2 heterocycles. The second-order valence-electron chi connectivity index (χ2n) is 7.95. The van der Waals surface area contributed by atoms with Crippen molar-refractivity contribution in [1.82, 2.24) is 20.1 Å². The van der Waals surface area contributed by atoms with Crippen molar-refractivity contribution in [1.29, 1.82) is 0 Å².